The van der Waals surface area contributed by atoms with Gasteiger partial charge in [-0.3, -0.25) is 19.4 Å². The molecule has 0 fully saturated rings. The zero-order valence-electron chi connectivity index (χ0n) is 22.0. The smallest absolute Gasteiger partial charge is 0.267 e. The fraction of sp³-hybridized carbons (Fsp3) is 0.200. The first-order valence-electron chi connectivity index (χ1n) is 12.5. The Bertz CT molecular complexity index is 1810. The molecule has 2 N–H and O–H groups in total. The molecule has 198 valence electrons. The Labute approximate surface area is 224 Å². The van der Waals surface area contributed by atoms with Gasteiger partial charge in [-0.1, -0.05) is 42.0 Å². The summed E-state index contributed by atoms with van der Waals surface area (Å²) in [5.74, 6) is 0.788. The Balaban J connectivity index is 1.57. The average molecular weight is 524 g/mol. The molecule has 1 amide bonds. The molecule has 9 heteroatoms. The lowest BCUT2D eigenvalue weighted by molar-refractivity contribution is 0.0948. The van der Waals surface area contributed by atoms with Gasteiger partial charge in [-0.15, -0.1) is 0 Å². The zero-order valence-corrected chi connectivity index (χ0v) is 22.0. The minimum Gasteiger partial charge on any atom is -0.493 e. The van der Waals surface area contributed by atoms with Crippen LogP contribution >= 0.6 is 0 Å². The highest BCUT2D eigenvalue weighted by molar-refractivity contribution is 5.96. The predicted molar refractivity (Wildman–Crippen MR) is 148 cm³/mol. The lowest BCUT2D eigenvalue weighted by Crippen LogP contribution is -2.35. The Morgan fingerprint density at radius 2 is 1.72 bits per heavy atom. The monoisotopic (exact) mass is 523 g/mol. The number of ether oxygens (including phenoxy) is 2. The van der Waals surface area contributed by atoms with Crippen LogP contribution in [0.25, 0.3) is 16.7 Å². The van der Waals surface area contributed by atoms with E-state index in [0.717, 1.165) is 16.7 Å². The van der Waals surface area contributed by atoms with Crippen LogP contribution in [0.2, 0.25) is 0 Å². The summed E-state index contributed by atoms with van der Waals surface area (Å²) in [5.41, 5.74) is 3.62. The molecule has 3 heterocycles. The van der Waals surface area contributed by atoms with Gasteiger partial charge in [-0.05, 0) is 54.8 Å². The summed E-state index contributed by atoms with van der Waals surface area (Å²) >= 11 is 0. The second-order valence-electron chi connectivity index (χ2n) is 9.25. The highest BCUT2D eigenvalue weighted by Gasteiger charge is 2.18. The fourth-order valence-corrected chi connectivity index (χ4v) is 4.54. The number of carbonyl (C=O) groups excluding carboxylic acids is 1. The van der Waals surface area contributed by atoms with E-state index in [1.54, 1.807) is 43.2 Å². The maximum Gasteiger partial charge on any atom is 0.267 e. The molecule has 0 radical (unpaired) electrons. The van der Waals surface area contributed by atoms with Gasteiger partial charge in [-0.2, -0.15) is 0 Å². The van der Waals surface area contributed by atoms with Gasteiger partial charge in [0.1, 0.15) is 16.8 Å². The molecule has 0 spiro atoms. The molecular weight excluding hydrogens is 494 g/mol. The molecule has 5 aromatic rings. The molecule has 0 aliphatic carbocycles. The molecule has 2 aromatic carbocycles. The van der Waals surface area contributed by atoms with E-state index in [0.29, 0.717) is 42.3 Å². The van der Waals surface area contributed by atoms with Crippen LogP contribution in [0.15, 0.2) is 77.7 Å². The van der Waals surface area contributed by atoms with Crippen LogP contribution in [0.5, 0.6) is 11.5 Å². The highest BCUT2D eigenvalue weighted by atomic mass is 16.5. The average Bonchev–Trinajstić information content (AvgIpc) is 2.96. The number of rotatable bonds is 8. The molecule has 0 aliphatic rings. The van der Waals surface area contributed by atoms with Gasteiger partial charge >= 0.3 is 0 Å². The van der Waals surface area contributed by atoms with Crippen molar-refractivity contribution in [2.24, 2.45) is 0 Å². The quantitative estimate of drug-likeness (QED) is 0.302. The van der Waals surface area contributed by atoms with Crippen molar-refractivity contribution in [1.29, 1.82) is 5.41 Å². The van der Waals surface area contributed by atoms with Gasteiger partial charge in [0, 0.05) is 19.3 Å². The van der Waals surface area contributed by atoms with E-state index < -0.39 is 5.91 Å². The summed E-state index contributed by atoms with van der Waals surface area (Å²) in [6, 6.07) is 20.2. The standard InChI is InChI=1S/C30H29N5O4/c1-19-7-9-21(10-8-19)18-32-29(36)22-17-23-28(33-26-6-4-5-14-34(26)30(23)37)35(27(22)31)15-13-20-11-12-24(38-2)25(16-20)39-3/h4-12,14,16-17,31H,13,15,18H2,1-3H3,(H,32,36). The molecule has 9 nitrogen and oxygen atoms in total. The van der Waals surface area contributed by atoms with Crippen molar-refractivity contribution in [2.75, 3.05) is 14.2 Å². The molecule has 39 heavy (non-hydrogen) atoms. The molecule has 0 saturated carbocycles. The Kier molecular flexibility index (Phi) is 7.14. The fourth-order valence-electron chi connectivity index (χ4n) is 4.54. The third-order valence-electron chi connectivity index (χ3n) is 6.71. The van der Waals surface area contributed by atoms with Crippen molar-refractivity contribution in [3.63, 3.8) is 0 Å². The number of methoxy groups -OCH3 is 2. The number of carbonyl (C=O) groups is 1. The van der Waals surface area contributed by atoms with Gasteiger partial charge in [-0.25, -0.2) is 4.98 Å². The van der Waals surface area contributed by atoms with E-state index in [1.807, 2.05) is 49.4 Å². The van der Waals surface area contributed by atoms with Crippen LogP contribution in [0.3, 0.4) is 0 Å². The van der Waals surface area contributed by atoms with Gasteiger partial charge in [0.05, 0.1) is 25.2 Å². The first-order valence-corrected chi connectivity index (χ1v) is 12.5. The van der Waals surface area contributed by atoms with Gasteiger partial charge in [0.2, 0.25) is 0 Å². The maximum atomic E-state index is 13.5. The topological polar surface area (TPSA) is 111 Å². The lowest BCUT2D eigenvalue weighted by Gasteiger charge is -2.15. The van der Waals surface area contributed by atoms with Crippen molar-refractivity contribution in [3.05, 3.63) is 111 Å². The summed E-state index contributed by atoms with van der Waals surface area (Å²) in [4.78, 5) is 31.5. The number of hydrogen-bond acceptors (Lipinski definition) is 6. The Morgan fingerprint density at radius 1 is 0.974 bits per heavy atom. The first-order chi connectivity index (χ1) is 18.9. The number of pyridine rings is 2. The number of fused-ring (bicyclic) bond motifs is 2. The highest BCUT2D eigenvalue weighted by Crippen LogP contribution is 2.28. The molecule has 0 atom stereocenters. The summed E-state index contributed by atoms with van der Waals surface area (Å²) in [7, 11) is 3.16. The van der Waals surface area contributed by atoms with Crippen LogP contribution in [0, 0.1) is 12.3 Å². The lowest BCUT2D eigenvalue weighted by atomic mass is 10.1. The minimum atomic E-state index is -0.431. The summed E-state index contributed by atoms with van der Waals surface area (Å²) in [6.45, 7) is 2.62. The van der Waals surface area contributed by atoms with E-state index in [9.17, 15) is 9.59 Å². The van der Waals surface area contributed by atoms with E-state index >= 15 is 0 Å². The Hall–Kier alpha value is -4.92. The van der Waals surface area contributed by atoms with Crippen LogP contribution in [0.4, 0.5) is 0 Å². The number of aromatic nitrogens is 3. The van der Waals surface area contributed by atoms with Gasteiger partial charge in [0.25, 0.3) is 11.5 Å². The van der Waals surface area contributed by atoms with Crippen molar-refractivity contribution in [2.45, 2.75) is 26.4 Å². The largest absolute Gasteiger partial charge is 0.493 e. The molecule has 3 aromatic heterocycles. The number of nitrogens with one attached hydrogen (secondary N) is 2. The summed E-state index contributed by atoms with van der Waals surface area (Å²) in [5, 5.41) is 12.1. The molecule has 0 unspecified atom stereocenters. The number of amides is 1. The van der Waals surface area contributed by atoms with Crippen LogP contribution < -0.4 is 25.8 Å². The third kappa shape index (κ3) is 5.11. The second-order valence-corrected chi connectivity index (χ2v) is 9.25. The van der Waals surface area contributed by atoms with Crippen LogP contribution in [-0.4, -0.2) is 34.1 Å². The van der Waals surface area contributed by atoms with E-state index in [2.05, 4.69) is 5.32 Å². The molecule has 0 bridgehead atoms. The predicted octanol–water partition coefficient (Wildman–Crippen LogP) is 3.63. The van der Waals surface area contributed by atoms with Gasteiger partial charge in [0.15, 0.2) is 11.5 Å². The molecule has 0 aliphatic heterocycles. The number of aryl methyl sites for hydroxylation is 3. The van der Waals surface area contributed by atoms with Crippen molar-refractivity contribution < 1.29 is 14.3 Å². The second kappa shape index (κ2) is 10.8. The number of hydrogen-bond donors (Lipinski definition) is 2. The van der Waals surface area contributed by atoms with E-state index in [1.165, 1.54) is 10.5 Å². The number of nitrogens with zero attached hydrogens (tertiary/aromatic N) is 3. The van der Waals surface area contributed by atoms with Gasteiger partial charge < -0.3 is 19.4 Å². The SMILES string of the molecule is COc1ccc(CCn2c(=N)c(C(=O)NCc3ccc(C)cc3)cc3c(=O)n4ccccc4nc32)cc1OC. The van der Waals surface area contributed by atoms with E-state index in [-0.39, 0.29) is 22.0 Å². The third-order valence-corrected chi connectivity index (χ3v) is 6.71. The normalized spacial score (nSPS) is 11.1. The van der Waals surface area contributed by atoms with Crippen LogP contribution in [0.1, 0.15) is 27.0 Å². The summed E-state index contributed by atoms with van der Waals surface area (Å²) < 4.78 is 13.8. The number of benzene rings is 2. The summed E-state index contributed by atoms with van der Waals surface area (Å²) in [6.07, 6.45) is 2.15. The molecule has 0 saturated heterocycles. The molecular formula is C30H29N5O4. The first kappa shape index (κ1) is 25.7. The van der Waals surface area contributed by atoms with Crippen molar-refractivity contribution >= 4 is 22.6 Å². The van der Waals surface area contributed by atoms with E-state index in [4.69, 9.17) is 19.9 Å². The zero-order chi connectivity index (χ0) is 27.5. The Morgan fingerprint density at radius 3 is 2.46 bits per heavy atom. The molecule has 5 rings (SSSR count). The van der Waals surface area contributed by atoms with Crippen LogP contribution in [-0.2, 0) is 19.5 Å². The minimum absolute atomic E-state index is 0.0171. The van der Waals surface area contributed by atoms with Crippen molar-refractivity contribution in [1.82, 2.24) is 19.3 Å². The van der Waals surface area contributed by atoms with Crippen molar-refractivity contribution in [3.8, 4) is 11.5 Å². The maximum absolute atomic E-state index is 13.5.